The van der Waals surface area contributed by atoms with Gasteiger partial charge < -0.3 is 20.5 Å². The summed E-state index contributed by atoms with van der Waals surface area (Å²) in [6.07, 6.45) is -0.676. The number of hydrogen-bond donors (Lipinski definition) is 3. The fraction of sp³-hybridized carbons (Fsp3) is 0.350. The van der Waals surface area contributed by atoms with E-state index in [1.165, 1.54) is 12.1 Å². The smallest absolute Gasteiger partial charge is 0.191 e. The number of nitrogens with one attached hydrogen (secondary N) is 2. The molecule has 1 unspecified atom stereocenters. The van der Waals surface area contributed by atoms with Crippen molar-refractivity contribution in [2.24, 2.45) is 4.99 Å². The van der Waals surface area contributed by atoms with Crippen LogP contribution in [-0.2, 0) is 6.54 Å². The van der Waals surface area contributed by atoms with E-state index in [0.29, 0.717) is 25.6 Å². The largest absolute Gasteiger partial charge is 0.491 e. The van der Waals surface area contributed by atoms with E-state index < -0.39 is 6.10 Å². The first-order chi connectivity index (χ1) is 12.6. The first-order valence-electron chi connectivity index (χ1n) is 8.71. The lowest BCUT2D eigenvalue weighted by atomic mass is 10.2. The Morgan fingerprint density at radius 2 is 1.96 bits per heavy atom. The summed E-state index contributed by atoms with van der Waals surface area (Å²) in [6, 6.07) is 13.9. The Bertz CT molecular complexity index is 704. The molecular formula is C20H26FN3O2. The van der Waals surface area contributed by atoms with Crippen molar-refractivity contribution in [2.45, 2.75) is 26.5 Å². The van der Waals surface area contributed by atoms with Gasteiger partial charge in [0.1, 0.15) is 24.3 Å². The molecule has 5 nitrogen and oxygen atoms in total. The molecule has 0 fully saturated rings. The number of aliphatic hydroxyl groups excluding tert-OH is 1. The van der Waals surface area contributed by atoms with Crippen LogP contribution in [0.1, 0.15) is 18.1 Å². The van der Waals surface area contributed by atoms with Crippen LogP contribution in [-0.4, -0.2) is 36.9 Å². The van der Waals surface area contributed by atoms with Crippen LogP contribution in [0.5, 0.6) is 5.75 Å². The fourth-order valence-corrected chi connectivity index (χ4v) is 2.27. The number of halogens is 1. The lowest BCUT2D eigenvalue weighted by Crippen LogP contribution is -2.42. The molecule has 6 heteroatoms. The quantitative estimate of drug-likeness (QED) is 0.501. The van der Waals surface area contributed by atoms with E-state index in [-0.39, 0.29) is 12.4 Å². The van der Waals surface area contributed by atoms with Gasteiger partial charge in [-0.15, -0.1) is 0 Å². The summed E-state index contributed by atoms with van der Waals surface area (Å²) in [5, 5.41) is 16.3. The van der Waals surface area contributed by atoms with Gasteiger partial charge in [-0.3, -0.25) is 0 Å². The van der Waals surface area contributed by atoms with Crippen molar-refractivity contribution in [3.63, 3.8) is 0 Å². The van der Waals surface area contributed by atoms with Crippen LogP contribution >= 0.6 is 0 Å². The summed E-state index contributed by atoms with van der Waals surface area (Å²) in [6.45, 7) is 5.57. The van der Waals surface area contributed by atoms with E-state index in [2.05, 4.69) is 15.6 Å². The van der Waals surface area contributed by atoms with E-state index in [1.807, 2.05) is 38.1 Å². The lowest BCUT2D eigenvalue weighted by Gasteiger charge is -2.16. The Hall–Kier alpha value is -2.60. The molecular weight excluding hydrogens is 333 g/mol. The minimum atomic E-state index is -0.676. The first kappa shape index (κ1) is 19.7. The molecule has 140 valence electrons. The molecule has 0 aliphatic carbocycles. The molecule has 0 aromatic heterocycles. The third-order valence-corrected chi connectivity index (χ3v) is 3.61. The van der Waals surface area contributed by atoms with Crippen LogP contribution in [0.4, 0.5) is 4.39 Å². The minimum Gasteiger partial charge on any atom is -0.491 e. The maximum absolute atomic E-state index is 12.9. The minimum absolute atomic E-state index is 0.188. The molecule has 0 saturated heterocycles. The van der Waals surface area contributed by atoms with Gasteiger partial charge in [0.15, 0.2) is 5.96 Å². The van der Waals surface area contributed by atoms with E-state index in [9.17, 15) is 9.50 Å². The molecule has 1 atom stereocenters. The zero-order valence-electron chi connectivity index (χ0n) is 15.2. The number of benzene rings is 2. The zero-order valence-corrected chi connectivity index (χ0v) is 15.2. The summed E-state index contributed by atoms with van der Waals surface area (Å²) in [5.41, 5.74) is 2.02. The third-order valence-electron chi connectivity index (χ3n) is 3.61. The van der Waals surface area contributed by atoms with Crippen molar-refractivity contribution in [1.29, 1.82) is 0 Å². The van der Waals surface area contributed by atoms with Crippen LogP contribution in [0, 0.1) is 12.7 Å². The van der Waals surface area contributed by atoms with Crippen molar-refractivity contribution >= 4 is 5.96 Å². The number of aliphatic hydroxyl groups is 1. The molecule has 2 aromatic carbocycles. The van der Waals surface area contributed by atoms with Gasteiger partial charge in [0.05, 0.1) is 6.54 Å². The van der Waals surface area contributed by atoms with Crippen LogP contribution < -0.4 is 15.4 Å². The number of aliphatic imine (C=N–C) groups is 1. The number of hydrogen-bond acceptors (Lipinski definition) is 3. The third kappa shape index (κ3) is 7.11. The fourth-order valence-electron chi connectivity index (χ4n) is 2.27. The molecule has 0 heterocycles. The summed E-state index contributed by atoms with van der Waals surface area (Å²) < 4.78 is 18.5. The van der Waals surface area contributed by atoms with Gasteiger partial charge in [-0.25, -0.2) is 9.38 Å². The number of nitrogens with zero attached hydrogens (tertiary/aromatic N) is 1. The summed E-state index contributed by atoms with van der Waals surface area (Å²) in [7, 11) is 0. The van der Waals surface area contributed by atoms with Gasteiger partial charge in [0, 0.05) is 13.1 Å². The van der Waals surface area contributed by atoms with Crippen LogP contribution in [0.15, 0.2) is 53.5 Å². The van der Waals surface area contributed by atoms with E-state index >= 15 is 0 Å². The molecule has 0 spiro atoms. The summed E-state index contributed by atoms with van der Waals surface area (Å²) in [5.74, 6) is 1.06. The highest BCUT2D eigenvalue weighted by molar-refractivity contribution is 5.79. The zero-order chi connectivity index (χ0) is 18.8. The second-order valence-corrected chi connectivity index (χ2v) is 5.98. The first-order valence-corrected chi connectivity index (χ1v) is 8.71. The van der Waals surface area contributed by atoms with E-state index in [0.717, 1.165) is 16.9 Å². The Morgan fingerprint density at radius 3 is 2.65 bits per heavy atom. The number of ether oxygens (including phenoxy) is 1. The van der Waals surface area contributed by atoms with Gasteiger partial charge >= 0.3 is 0 Å². The Morgan fingerprint density at radius 1 is 1.19 bits per heavy atom. The molecule has 2 aromatic rings. The molecule has 0 bridgehead atoms. The van der Waals surface area contributed by atoms with Gasteiger partial charge in [-0.2, -0.15) is 0 Å². The van der Waals surface area contributed by atoms with Gasteiger partial charge in [0.25, 0.3) is 0 Å². The molecule has 0 saturated carbocycles. The second kappa shape index (κ2) is 10.4. The van der Waals surface area contributed by atoms with Crippen molar-refractivity contribution < 1.29 is 14.2 Å². The van der Waals surface area contributed by atoms with E-state index in [4.69, 9.17) is 4.74 Å². The van der Waals surface area contributed by atoms with Crippen LogP contribution in [0.2, 0.25) is 0 Å². The maximum Gasteiger partial charge on any atom is 0.191 e. The van der Waals surface area contributed by atoms with Crippen LogP contribution in [0.3, 0.4) is 0 Å². The Balaban J connectivity index is 1.80. The van der Waals surface area contributed by atoms with Crippen molar-refractivity contribution in [3.05, 3.63) is 65.5 Å². The standard InChI is InChI=1S/C20H26FN3O2/c1-3-22-20(23-12-16-7-9-17(21)10-8-16)24-13-18(25)14-26-19-6-4-5-15(2)11-19/h4-11,18,25H,3,12-14H2,1-2H3,(H2,22,23,24). The predicted molar refractivity (Wildman–Crippen MR) is 102 cm³/mol. The van der Waals surface area contributed by atoms with Crippen molar-refractivity contribution in [1.82, 2.24) is 10.6 Å². The normalized spacial score (nSPS) is 12.5. The molecule has 2 rings (SSSR count). The Labute approximate surface area is 153 Å². The average Bonchev–Trinajstić information content (AvgIpc) is 2.63. The molecule has 0 amide bonds. The molecule has 26 heavy (non-hydrogen) atoms. The SMILES string of the molecule is CCNC(=NCc1ccc(F)cc1)NCC(O)COc1cccc(C)c1. The highest BCUT2D eigenvalue weighted by Gasteiger charge is 2.07. The van der Waals surface area contributed by atoms with E-state index in [1.54, 1.807) is 12.1 Å². The maximum atomic E-state index is 12.9. The van der Waals surface area contributed by atoms with Gasteiger partial charge in [-0.1, -0.05) is 24.3 Å². The van der Waals surface area contributed by atoms with Gasteiger partial charge in [0.2, 0.25) is 0 Å². The predicted octanol–water partition coefficient (Wildman–Crippen LogP) is 2.63. The summed E-state index contributed by atoms with van der Waals surface area (Å²) in [4.78, 5) is 4.44. The Kier molecular flexibility index (Phi) is 7.89. The molecule has 3 N–H and O–H groups in total. The lowest BCUT2D eigenvalue weighted by molar-refractivity contribution is 0.110. The number of guanidine groups is 1. The van der Waals surface area contributed by atoms with Crippen molar-refractivity contribution in [3.8, 4) is 5.75 Å². The van der Waals surface area contributed by atoms with Gasteiger partial charge in [-0.05, 0) is 49.2 Å². The molecule has 0 radical (unpaired) electrons. The second-order valence-electron chi connectivity index (χ2n) is 5.98. The molecule has 0 aliphatic rings. The highest BCUT2D eigenvalue weighted by Crippen LogP contribution is 2.12. The highest BCUT2D eigenvalue weighted by atomic mass is 19.1. The number of rotatable bonds is 8. The van der Waals surface area contributed by atoms with Crippen LogP contribution in [0.25, 0.3) is 0 Å². The summed E-state index contributed by atoms with van der Waals surface area (Å²) >= 11 is 0. The monoisotopic (exact) mass is 359 g/mol. The number of aryl methyl sites for hydroxylation is 1. The average molecular weight is 359 g/mol. The topological polar surface area (TPSA) is 65.9 Å². The molecule has 0 aliphatic heterocycles. The van der Waals surface area contributed by atoms with Crippen molar-refractivity contribution in [2.75, 3.05) is 19.7 Å².